The molecule has 2 aromatic rings. The number of aromatic amines is 1. The summed E-state index contributed by atoms with van der Waals surface area (Å²) in [6.45, 7) is 3.93. The van der Waals surface area contributed by atoms with E-state index >= 15 is 0 Å². The van der Waals surface area contributed by atoms with Gasteiger partial charge in [-0.2, -0.15) is 19.7 Å². The quantitative estimate of drug-likeness (QED) is 0.867. The van der Waals surface area contributed by atoms with Gasteiger partial charge in [-0.1, -0.05) is 17.7 Å². The lowest BCUT2D eigenvalue weighted by Crippen LogP contribution is -2.35. The highest BCUT2D eigenvalue weighted by Crippen LogP contribution is 2.34. The maximum absolute atomic E-state index is 12.8. The lowest BCUT2D eigenvalue weighted by atomic mass is 10.0. The number of hydrogen-bond acceptors (Lipinski definition) is 5. The van der Waals surface area contributed by atoms with Gasteiger partial charge in [0.05, 0.1) is 11.1 Å². The number of benzene rings is 1. The van der Waals surface area contributed by atoms with E-state index < -0.39 is 15.6 Å². The molecule has 0 aliphatic carbocycles. The van der Waals surface area contributed by atoms with Crippen molar-refractivity contribution in [2.75, 3.05) is 13.1 Å². The van der Waals surface area contributed by atoms with Gasteiger partial charge in [-0.25, -0.2) is 8.42 Å². The fourth-order valence-electron chi connectivity index (χ4n) is 2.83. The lowest BCUT2D eigenvalue weighted by Gasteiger charge is -2.21. The topological polar surface area (TPSA) is 99.2 Å². The Bertz CT molecular complexity index is 788. The summed E-state index contributed by atoms with van der Waals surface area (Å²) in [5.41, 5.74) is 0.790. The second kappa shape index (κ2) is 5.15. The first-order valence-corrected chi connectivity index (χ1v) is 8.43. The molecule has 1 aromatic carbocycles. The van der Waals surface area contributed by atoms with E-state index in [-0.39, 0.29) is 18.0 Å². The fourth-order valence-corrected chi connectivity index (χ4v) is 4.53. The number of aliphatic hydroxyl groups is 1. The van der Waals surface area contributed by atoms with Crippen molar-refractivity contribution in [3.63, 3.8) is 0 Å². The normalized spacial score (nSPS) is 23.0. The van der Waals surface area contributed by atoms with Gasteiger partial charge in [0.2, 0.25) is 10.0 Å². The molecule has 0 spiro atoms. The summed E-state index contributed by atoms with van der Waals surface area (Å²) >= 11 is 0. The third-order valence-electron chi connectivity index (χ3n) is 4.05. The Morgan fingerprint density at radius 2 is 2.14 bits per heavy atom. The van der Waals surface area contributed by atoms with Gasteiger partial charge >= 0.3 is 0 Å². The number of sulfonamides is 1. The number of aromatic nitrogens is 3. The highest BCUT2D eigenvalue weighted by molar-refractivity contribution is 7.89. The molecule has 2 N–H and O–H groups in total. The Balaban J connectivity index is 1.92. The summed E-state index contributed by atoms with van der Waals surface area (Å²) in [6.07, 6.45) is 1.72. The van der Waals surface area contributed by atoms with Crippen LogP contribution in [0.3, 0.4) is 0 Å². The smallest absolute Gasteiger partial charge is 0.243 e. The summed E-state index contributed by atoms with van der Waals surface area (Å²) in [5, 5.41) is 20.6. The summed E-state index contributed by atoms with van der Waals surface area (Å²) in [6, 6.07) is 5.24. The van der Waals surface area contributed by atoms with Gasteiger partial charge in [0.15, 0.2) is 0 Å². The van der Waals surface area contributed by atoms with Gasteiger partial charge in [-0.05, 0) is 31.9 Å². The highest BCUT2D eigenvalue weighted by atomic mass is 32.2. The second-order valence-electron chi connectivity index (χ2n) is 5.74. The molecule has 1 saturated heterocycles. The molecule has 8 heteroatoms. The van der Waals surface area contributed by atoms with Crippen LogP contribution in [0.2, 0.25) is 0 Å². The molecular formula is C14H18N4O3S. The van der Waals surface area contributed by atoms with E-state index in [9.17, 15) is 13.5 Å². The lowest BCUT2D eigenvalue weighted by molar-refractivity contribution is 0.0485. The highest BCUT2D eigenvalue weighted by Gasteiger charge is 2.44. The zero-order valence-corrected chi connectivity index (χ0v) is 13.3. The van der Waals surface area contributed by atoms with Crippen LogP contribution in [0.15, 0.2) is 29.3 Å². The van der Waals surface area contributed by atoms with Gasteiger partial charge in [0, 0.05) is 13.1 Å². The van der Waals surface area contributed by atoms with Gasteiger partial charge in [-0.15, -0.1) is 0 Å². The predicted octanol–water partition coefficient (Wildman–Crippen LogP) is 0.704. The summed E-state index contributed by atoms with van der Waals surface area (Å²) in [4.78, 5) is 0.280. The number of nitrogens with zero attached hydrogens (tertiary/aromatic N) is 3. The van der Waals surface area contributed by atoms with E-state index in [1.54, 1.807) is 19.1 Å². The molecule has 2 heterocycles. The molecule has 7 nitrogen and oxygen atoms in total. The summed E-state index contributed by atoms with van der Waals surface area (Å²) < 4.78 is 26.9. The predicted molar refractivity (Wildman–Crippen MR) is 79.6 cm³/mol. The van der Waals surface area contributed by atoms with Crippen molar-refractivity contribution in [1.29, 1.82) is 0 Å². The Hall–Kier alpha value is -1.77. The summed E-state index contributed by atoms with van der Waals surface area (Å²) in [5.74, 6) is 0. The van der Waals surface area contributed by atoms with Crippen LogP contribution in [0.25, 0.3) is 0 Å². The molecule has 1 aliphatic heterocycles. The van der Waals surface area contributed by atoms with Crippen LogP contribution >= 0.6 is 0 Å². The number of H-pyrrole nitrogens is 1. The Morgan fingerprint density at radius 3 is 2.77 bits per heavy atom. The van der Waals surface area contributed by atoms with Crippen molar-refractivity contribution in [3.05, 3.63) is 41.2 Å². The van der Waals surface area contributed by atoms with E-state index in [2.05, 4.69) is 15.4 Å². The molecule has 0 unspecified atom stereocenters. The number of hydrogen-bond donors (Lipinski definition) is 2. The third-order valence-corrected chi connectivity index (χ3v) is 6.06. The molecule has 1 atom stereocenters. The molecular weight excluding hydrogens is 304 g/mol. The standard InChI is InChI=1S/C14H18N4O3S/c1-10-3-4-12(11(2)7-10)22(20,21)18-6-5-14(19,9-18)13-8-15-17-16-13/h3-4,7-8,19H,5-6,9H2,1-2H3,(H,15,16,17)/t14-/m0/s1. The minimum absolute atomic E-state index is 0.0187. The molecule has 1 fully saturated rings. The monoisotopic (exact) mass is 322 g/mol. The second-order valence-corrected chi connectivity index (χ2v) is 7.65. The SMILES string of the molecule is Cc1ccc(S(=O)(=O)N2CC[C@@](O)(c3cn[nH]n3)C2)c(C)c1. The van der Waals surface area contributed by atoms with E-state index in [4.69, 9.17) is 0 Å². The maximum atomic E-state index is 12.8. The maximum Gasteiger partial charge on any atom is 0.243 e. The minimum atomic E-state index is -3.63. The number of aryl methyl sites for hydroxylation is 2. The van der Waals surface area contributed by atoms with E-state index in [0.29, 0.717) is 17.7 Å². The number of β-amino-alcohol motifs (C(OH)–C–C–N with tert-alkyl or cyclic N) is 1. The first-order valence-electron chi connectivity index (χ1n) is 6.99. The van der Waals surface area contributed by atoms with Crippen LogP contribution in [-0.4, -0.2) is 46.3 Å². The molecule has 118 valence electrons. The molecule has 1 aromatic heterocycles. The van der Waals surface area contributed by atoms with Crippen LogP contribution in [0.4, 0.5) is 0 Å². The average Bonchev–Trinajstić information content (AvgIpc) is 3.08. The molecule has 3 rings (SSSR count). The molecule has 22 heavy (non-hydrogen) atoms. The molecule has 0 bridgehead atoms. The first-order chi connectivity index (χ1) is 10.3. The van der Waals surface area contributed by atoms with Crippen molar-refractivity contribution in [3.8, 4) is 0 Å². The zero-order valence-electron chi connectivity index (χ0n) is 12.4. The van der Waals surface area contributed by atoms with Crippen LogP contribution < -0.4 is 0 Å². The van der Waals surface area contributed by atoms with Crippen LogP contribution in [-0.2, 0) is 15.6 Å². The largest absolute Gasteiger partial charge is 0.382 e. The van der Waals surface area contributed by atoms with Crippen molar-refractivity contribution in [2.24, 2.45) is 0 Å². The van der Waals surface area contributed by atoms with E-state index in [1.807, 2.05) is 13.0 Å². The van der Waals surface area contributed by atoms with Gasteiger partial charge in [-0.3, -0.25) is 0 Å². The van der Waals surface area contributed by atoms with Crippen molar-refractivity contribution >= 4 is 10.0 Å². The minimum Gasteiger partial charge on any atom is -0.382 e. The molecule has 0 saturated carbocycles. The van der Waals surface area contributed by atoms with Crippen LogP contribution in [0.1, 0.15) is 23.2 Å². The van der Waals surface area contributed by atoms with E-state index in [1.165, 1.54) is 10.5 Å². The van der Waals surface area contributed by atoms with Crippen molar-refractivity contribution in [1.82, 2.24) is 19.7 Å². The molecule has 1 aliphatic rings. The third kappa shape index (κ3) is 2.43. The average molecular weight is 322 g/mol. The van der Waals surface area contributed by atoms with Crippen LogP contribution in [0.5, 0.6) is 0 Å². The molecule has 0 amide bonds. The van der Waals surface area contributed by atoms with Gasteiger partial charge in [0.1, 0.15) is 11.3 Å². The number of nitrogens with one attached hydrogen (secondary N) is 1. The van der Waals surface area contributed by atoms with Gasteiger partial charge < -0.3 is 5.11 Å². The first kappa shape index (κ1) is 15.1. The van der Waals surface area contributed by atoms with Crippen molar-refractivity contribution in [2.45, 2.75) is 30.8 Å². The Kier molecular flexibility index (Phi) is 3.54. The Morgan fingerprint density at radius 1 is 1.36 bits per heavy atom. The fraction of sp³-hybridized carbons (Fsp3) is 0.429. The molecule has 0 radical (unpaired) electrons. The summed E-state index contributed by atoms with van der Waals surface area (Å²) in [7, 11) is -3.63. The number of rotatable bonds is 3. The van der Waals surface area contributed by atoms with Crippen LogP contribution in [0, 0.1) is 13.8 Å². The van der Waals surface area contributed by atoms with Crippen molar-refractivity contribution < 1.29 is 13.5 Å². The Labute approximate surface area is 129 Å². The van der Waals surface area contributed by atoms with E-state index in [0.717, 1.165) is 5.56 Å². The zero-order chi connectivity index (χ0) is 16.0. The van der Waals surface area contributed by atoms with Gasteiger partial charge in [0.25, 0.3) is 0 Å².